The quantitative estimate of drug-likeness (QED) is 0.526. The second-order valence-electron chi connectivity index (χ2n) is 3.52. The zero-order valence-electron chi connectivity index (χ0n) is 8.48. The summed E-state index contributed by atoms with van der Waals surface area (Å²) in [5.41, 5.74) is -0.304. The van der Waals surface area contributed by atoms with Crippen molar-refractivity contribution in [2.75, 3.05) is 4.43 Å². The number of alkyl halides is 1. The van der Waals surface area contributed by atoms with E-state index < -0.39 is 5.60 Å². The van der Waals surface area contributed by atoms with Crippen LogP contribution in [0.2, 0.25) is 0 Å². The number of benzene rings is 1. The molecule has 1 rings (SSSR count). The molecule has 0 aliphatic carbocycles. The molecule has 0 radical (unpaired) electrons. The summed E-state index contributed by atoms with van der Waals surface area (Å²) in [7, 11) is 0. The third-order valence-electron chi connectivity index (χ3n) is 2.02. The van der Waals surface area contributed by atoms with Gasteiger partial charge in [-0.1, -0.05) is 59.0 Å². The Bertz CT molecular complexity index is 355. The lowest BCUT2D eigenvalue weighted by molar-refractivity contribution is -0.128. The maximum absolute atomic E-state index is 11.5. The lowest BCUT2D eigenvalue weighted by atomic mass is 10.0. The standard InChI is InChI=1S/C12H13IO2/c1-12(15,9-13)11(14)8-7-10-5-3-2-4-6-10/h2-8,15H,9H2,1H3/b8-7+/t12-/m0/s1. The van der Waals surface area contributed by atoms with Gasteiger partial charge in [0, 0.05) is 4.43 Å². The molecule has 0 fully saturated rings. The van der Waals surface area contributed by atoms with Crippen molar-refractivity contribution in [3.63, 3.8) is 0 Å². The monoisotopic (exact) mass is 316 g/mol. The van der Waals surface area contributed by atoms with Gasteiger partial charge in [-0.3, -0.25) is 4.79 Å². The molecule has 0 saturated heterocycles. The first-order valence-corrected chi connectivity index (χ1v) is 6.15. The van der Waals surface area contributed by atoms with E-state index in [1.165, 1.54) is 13.0 Å². The number of halogens is 1. The van der Waals surface area contributed by atoms with Crippen LogP contribution < -0.4 is 0 Å². The molecule has 15 heavy (non-hydrogen) atoms. The molecule has 0 saturated carbocycles. The summed E-state index contributed by atoms with van der Waals surface area (Å²) in [6.45, 7) is 1.52. The molecule has 0 heterocycles. The van der Waals surface area contributed by atoms with Gasteiger partial charge in [-0.2, -0.15) is 0 Å². The fourth-order valence-electron chi connectivity index (χ4n) is 0.981. The van der Waals surface area contributed by atoms with Crippen molar-refractivity contribution in [1.82, 2.24) is 0 Å². The van der Waals surface area contributed by atoms with Gasteiger partial charge in [-0.05, 0) is 18.6 Å². The van der Waals surface area contributed by atoms with E-state index in [2.05, 4.69) is 0 Å². The zero-order valence-corrected chi connectivity index (χ0v) is 10.6. The van der Waals surface area contributed by atoms with Crippen LogP contribution in [0.3, 0.4) is 0 Å². The highest BCUT2D eigenvalue weighted by atomic mass is 127. The van der Waals surface area contributed by atoms with Crippen molar-refractivity contribution in [2.24, 2.45) is 0 Å². The molecule has 0 amide bonds. The lowest BCUT2D eigenvalue weighted by Crippen LogP contribution is -2.35. The molecule has 2 nitrogen and oxygen atoms in total. The van der Waals surface area contributed by atoms with Crippen LogP contribution in [0.15, 0.2) is 36.4 Å². The summed E-state index contributed by atoms with van der Waals surface area (Å²) in [4.78, 5) is 11.5. The molecule has 0 aliphatic heterocycles. The number of hydrogen-bond donors (Lipinski definition) is 1. The maximum atomic E-state index is 11.5. The molecule has 0 bridgehead atoms. The maximum Gasteiger partial charge on any atom is 0.187 e. The highest BCUT2D eigenvalue weighted by Gasteiger charge is 2.25. The van der Waals surface area contributed by atoms with Gasteiger partial charge < -0.3 is 5.11 Å². The predicted molar refractivity (Wildman–Crippen MR) is 70.0 cm³/mol. The van der Waals surface area contributed by atoms with Gasteiger partial charge in [0.25, 0.3) is 0 Å². The molecule has 1 atom stereocenters. The lowest BCUT2D eigenvalue weighted by Gasteiger charge is -2.15. The number of aliphatic hydroxyl groups is 1. The summed E-state index contributed by atoms with van der Waals surface area (Å²) < 4.78 is 0.392. The van der Waals surface area contributed by atoms with Crippen LogP contribution in [0.25, 0.3) is 6.08 Å². The van der Waals surface area contributed by atoms with Crippen LogP contribution in [0.1, 0.15) is 12.5 Å². The van der Waals surface area contributed by atoms with Crippen LogP contribution in [-0.2, 0) is 4.79 Å². The molecule has 1 aromatic carbocycles. The molecule has 3 heteroatoms. The van der Waals surface area contributed by atoms with Crippen LogP contribution in [0.5, 0.6) is 0 Å². The van der Waals surface area contributed by atoms with Gasteiger partial charge >= 0.3 is 0 Å². The van der Waals surface area contributed by atoms with Crippen LogP contribution in [0, 0.1) is 0 Å². The molecule has 0 spiro atoms. The van der Waals surface area contributed by atoms with E-state index >= 15 is 0 Å². The van der Waals surface area contributed by atoms with Gasteiger partial charge in [0.1, 0.15) is 5.60 Å². The Morgan fingerprint density at radius 2 is 2.07 bits per heavy atom. The minimum atomic E-state index is -1.26. The average Bonchev–Trinajstić information content (AvgIpc) is 2.27. The van der Waals surface area contributed by atoms with Gasteiger partial charge in [0.05, 0.1) is 0 Å². The van der Waals surface area contributed by atoms with E-state index in [-0.39, 0.29) is 5.78 Å². The minimum Gasteiger partial charge on any atom is -0.381 e. The van der Waals surface area contributed by atoms with Crippen molar-refractivity contribution in [3.8, 4) is 0 Å². The van der Waals surface area contributed by atoms with E-state index in [1.54, 1.807) is 6.08 Å². The van der Waals surface area contributed by atoms with E-state index in [0.717, 1.165) is 5.56 Å². The first kappa shape index (κ1) is 12.4. The minimum absolute atomic E-state index is 0.263. The molecule has 0 unspecified atom stereocenters. The summed E-state index contributed by atoms with van der Waals surface area (Å²) in [5.74, 6) is -0.263. The third kappa shape index (κ3) is 3.76. The topological polar surface area (TPSA) is 37.3 Å². The normalized spacial score (nSPS) is 15.1. The van der Waals surface area contributed by atoms with E-state index in [4.69, 9.17) is 0 Å². The van der Waals surface area contributed by atoms with Crippen molar-refractivity contribution in [2.45, 2.75) is 12.5 Å². The van der Waals surface area contributed by atoms with E-state index in [0.29, 0.717) is 4.43 Å². The highest BCUT2D eigenvalue weighted by Crippen LogP contribution is 2.11. The molecular weight excluding hydrogens is 303 g/mol. The Morgan fingerprint density at radius 3 is 2.60 bits per heavy atom. The van der Waals surface area contributed by atoms with Crippen molar-refractivity contribution in [3.05, 3.63) is 42.0 Å². The zero-order chi connectivity index (χ0) is 11.3. The van der Waals surface area contributed by atoms with Crippen molar-refractivity contribution in [1.29, 1.82) is 0 Å². The molecule has 0 aliphatic rings. The molecule has 0 aromatic heterocycles. The first-order valence-electron chi connectivity index (χ1n) is 4.62. The molecule has 80 valence electrons. The van der Waals surface area contributed by atoms with Gasteiger partial charge in [0.15, 0.2) is 5.78 Å². The third-order valence-corrected chi connectivity index (χ3v) is 3.50. The van der Waals surface area contributed by atoms with Crippen LogP contribution in [-0.4, -0.2) is 20.9 Å². The second kappa shape index (κ2) is 5.42. The summed E-state index contributed by atoms with van der Waals surface area (Å²) >= 11 is 2.00. The number of carbonyl (C=O) groups is 1. The second-order valence-corrected chi connectivity index (χ2v) is 4.28. The highest BCUT2D eigenvalue weighted by molar-refractivity contribution is 14.1. The van der Waals surface area contributed by atoms with Crippen LogP contribution >= 0.6 is 22.6 Å². The Morgan fingerprint density at radius 1 is 1.47 bits per heavy atom. The Balaban J connectivity index is 2.71. The van der Waals surface area contributed by atoms with Gasteiger partial charge in [-0.25, -0.2) is 0 Å². The van der Waals surface area contributed by atoms with Gasteiger partial charge in [-0.15, -0.1) is 0 Å². The number of hydrogen-bond acceptors (Lipinski definition) is 2. The average molecular weight is 316 g/mol. The largest absolute Gasteiger partial charge is 0.381 e. The van der Waals surface area contributed by atoms with Gasteiger partial charge in [0.2, 0.25) is 0 Å². The van der Waals surface area contributed by atoms with Crippen molar-refractivity contribution < 1.29 is 9.90 Å². The summed E-state index contributed by atoms with van der Waals surface area (Å²) in [6, 6.07) is 9.53. The number of rotatable bonds is 4. The fourth-order valence-corrected chi connectivity index (χ4v) is 1.36. The van der Waals surface area contributed by atoms with E-state index in [1.807, 2.05) is 52.9 Å². The molecule has 1 aromatic rings. The SMILES string of the molecule is C[C@](O)(CI)C(=O)/C=C/c1ccccc1. The Labute approximate surface area is 103 Å². The smallest absolute Gasteiger partial charge is 0.187 e. The fraction of sp³-hybridized carbons (Fsp3) is 0.250. The molecule has 1 N–H and O–H groups in total. The van der Waals surface area contributed by atoms with Crippen LogP contribution in [0.4, 0.5) is 0 Å². The predicted octanol–water partition coefficient (Wildman–Crippen LogP) is 2.45. The summed E-state index contributed by atoms with van der Waals surface area (Å²) in [5, 5.41) is 9.66. The Hall–Kier alpha value is -0.680. The number of ketones is 1. The summed E-state index contributed by atoms with van der Waals surface area (Å²) in [6.07, 6.45) is 3.14. The Kier molecular flexibility index (Phi) is 4.47. The molecular formula is C12H13IO2. The first-order chi connectivity index (χ1) is 7.06. The number of carbonyl (C=O) groups excluding carboxylic acids is 1. The van der Waals surface area contributed by atoms with E-state index in [9.17, 15) is 9.90 Å². The van der Waals surface area contributed by atoms with Crippen molar-refractivity contribution >= 4 is 34.5 Å².